The molecule has 0 aliphatic heterocycles. The van der Waals surface area contributed by atoms with Gasteiger partial charge in [0.1, 0.15) is 0 Å². The van der Waals surface area contributed by atoms with Gasteiger partial charge in [0, 0.05) is 35.4 Å². The van der Waals surface area contributed by atoms with Crippen LogP contribution in [0.15, 0.2) is 28.5 Å². The maximum absolute atomic E-state index is 12.4. The van der Waals surface area contributed by atoms with Crippen molar-refractivity contribution in [2.75, 3.05) is 12.3 Å². The van der Waals surface area contributed by atoms with Crippen molar-refractivity contribution in [1.29, 1.82) is 0 Å². The number of nitrogens with zero attached hydrogens (tertiary/aromatic N) is 2. The first-order valence-electron chi connectivity index (χ1n) is 7.29. The van der Waals surface area contributed by atoms with E-state index in [1.54, 1.807) is 6.07 Å². The van der Waals surface area contributed by atoms with Gasteiger partial charge in [0.25, 0.3) is 11.6 Å². The standard InChI is InChI=1S/C15H15N3O5S2/c1-2-24-12-4-3-9(18(22)23)7-10(12)14(19)16-6-5-13-17-11(8-25-13)15(20)21/h3-4,7-8H,2,5-6H2,1H3,(H,16,19)(H,20,21). The lowest BCUT2D eigenvalue weighted by atomic mass is 10.2. The number of nitro benzene ring substituents is 1. The number of non-ortho nitro benzene ring substituents is 1. The maximum Gasteiger partial charge on any atom is 0.355 e. The Morgan fingerprint density at radius 1 is 1.44 bits per heavy atom. The monoisotopic (exact) mass is 381 g/mol. The summed E-state index contributed by atoms with van der Waals surface area (Å²) in [5.74, 6) is -0.770. The number of aromatic nitrogens is 1. The molecule has 0 unspecified atom stereocenters. The highest BCUT2D eigenvalue weighted by atomic mass is 32.2. The number of rotatable bonds is 8. The predicted octanol–water partition coefficient (Wildman–Crippen LogP) is 2.83. The minimum atomic E-state index is -1.09. The average Bonchev–Trinajstić information content (AvgIpc) is 3.04. The van der Waals surface area contributed by atoms with Gasteiger partial charge in [0.05, 0.1) is 15.5 Å². The third-order valence-electron chi connectivity index (χ3n) is 3.11. The van der Waals surface area contributed by atoms with Gasteiger partial charge in [-0.3, -0.25) is 14.9 Å². The zero-order chi connectivity index (χ0) is 18.4. The number of nitrogens with one attached hydrogen (secondary N) is 1. The molecule has 8 nitrogen and oxygen atoms in total. The smallest absolute Gasteiger partial charge is 0.355 e. The summed E-state index contributed by atoms with van der Waals surface area (Å²) in [4.78, 5) is 38.1. The number of carbonyl (C=O) groups is 2. The van der Waals surface area contributed by atoms with Crippen molar-refractivity contribution in [3.8, 4) is 0 Å². The Morgan fingerprint density at radius 3 is 2.80 bits per heavy atom. The van der Waals surface area contributed by atoms with E-state index in [1.165, 1.54) is 40.6 Å². The van der Waals surface area contributed by atoms with Crippen LogP contribution >= 0.6 is 23.1 Å². The molecule has 1 heterocycles. The molecule has 0 spiro atoms. The van der Waals surface area contributed by atoms with E-state index in [0.29, 0.717) is 16.3 Å². The fourth-order valence-corrected chi connectivity index (χ4v) is 3.55. The third kappa shape index (κ3) is 5.00. The first-order chi connectivity index (χ1) is 11.9. The summed E-state index contributed by atoms with van der Waals surface area (Å²) in [5, 5.41) is 24.5. The number of nitro groups is 1. The largest absolute Gasteiger partial charge is 0.476 e. The Morgan fingerprint density at radius 2 is 2.20 bits per heavy atom. The predicted molar refractivity (Wildman–Crippen MR) is 94.6 cm³/mol. The van der Waals surface area contributed by atoms with Gasteiger partial charge < -0.3 is 10.4 Å². The molecular weight excluding hydrogens is 366 g/mol. The minimum Gasteiger partial charge on any atom is -0.476 e. The molecule has 0 bridgehead atoms. The number of carboxylic acids is 1. The molecule has 0 fully saturated rings. The van der Waals surface area contributed by atoms with E-state index in [1.807, 2.05) is 6.92 Å². The number of aromatic carboxylic acids is 1. The topological polar surface area (TPSA) is 122 Å². The van der Waals surface area contributed by atoms with Gasteiger partial charge in [-0.15, -0.1) is 23.1 Å². The molecule has 1 aromatic heterocycles. The van der Waals surface area contributed by atoms with E-state index in [-0.39, 0.29) is 23.5 Å². The molecule has 2 N–H and O–H groups in total. The fraction of sp³-hybridized carbons (Fsp3) is 0.267. The van der Waals surface area contributed by atoms with Crippen molar-refractivity contribution in [2.24, 2.45) is 0 Å². The first-order valence-corrected chi connectivity index (χ1v) is 9.16. The summed E-state index contributed by atoms with van der Waals surface area (Å²) < 4.78 is 0. The molecule has 0 aliphatic carbocycles. The molecule has 10 heteroatoms. The highest BCUT2D eigenvalue weighted by Crippen LogP contribution is 2.26. The molecule has 0 saturated carbocycles. The molecular formula is C15H15N3O5S2. The summed E-state index contributed by atoms with van der Waals surface area (Å²) in [6, 6.07) is 4.21. The van der Waals surface area contributed by atoms with Gasteiger partial charge in [-0.05, 0) is 11.8 Å². The molecule has 25 heavy (non-hydrogen) atoms. The van der Waals surface area contributed by atoms with Crippen molar-refractivity contribution in [1.82, 2.24) is 10.3 Å². The Kier molecular flexibility index (Phi) is 6.48. The van der Waals surface area contributed by atoms with E-state index in [9.17, 15) is 19.7 Å². The molecule has 0 saturated heterocycles. The molecule has 1 aromatic carbocycles. The van der Waals surface area contributed by atoms with Crippen LogP contribution in [0.1, 0.15) is 32.8 Å². The van der Waals surface area contributed by atoms with Crippen molar-refractivity contribution < 1.29 is 19.6 Å². The van der Waals surface area contributed by atoms with Crippen LogP contribution in [-0.4, -0.2) is 39.2 Å². The number of carboxylic acid groups (broad SMARTS) is 1. The van der Waals surface area contributed by atoms with Crippen LogP contribution in [0.4, 0.5) is 5.69 Å². The molecule has 132 valence electrons. The Labute approximate surface area is 151 Å². The second-order valence-electron chi connectivity index (χ2n) is 4.81. The van der Waals surface area contributed by atoms with Gasteiger partial charge in [-0.1, -0.05) is 6.92 Å². The summed E-state index contributed by atoms with van der Waals surface area (Å²) in [6.07, 6.45) is 0.384. The SMILES string of the molecule is CCSc1ccc([N+](=O)[O-])cc1C(=O)NCCc1nc(C(=O)O)cs1. The molecule has 2 aromatic rings. The number of carbonyl (C=O) groups excluding carboxylic acids is 1. The van der Waals surface area contributed by atoms with Crippen LogP contribution in [0, 0.1) is 10.1 Å². The Hall–Kier alpha value is -2.46. The number of benzene rings is 1. The average molecular weight is 381 g/mol. The summed E-state index contributed by atoms with van der Waals surface area (Å²) in [7, 11) is 0. The molecule has 0 aliphatic rings. The maximum atomic E-state index is 12.4. The normalized spacial score (nSPS) is 10.4. The molecule has 0 radical (unpaired) electrons. The lowest BCUT2D eigenvalue weighted by Crippen LogP contribution is -2.26. The van der Waals surface area contributed by atoms with Crippen LogP contribution in [0.3, 0.4) is 0 Å². The Balaban J connectivity index is 2.04. The van der Waals surface area contributed by atoms with Crippen LogP contribution < -0.4 is 5.32 Å². The first kappa shape index (κ1) is 18.9. The number of amides is 1. The zero-order valence-electron chi connectivity index (χ0n) is 13.2. The zero-order valence-corrected chi connectivity index (χ0v) is 14.9. The van der Waals surface area contributed by atoms with E-state index >= 15 is 0 Å². The fourth-order valence-electron chi connectivity index (χ4n) is 1.99. The van der Waals surface area contributed by atoms with Gasteiger partial charge in [-0.25, -0.2) is 9.78 Å². The second-order valence-corrected chi connectivity index (χ2v) is 7.06. The summed E-state index contributed by atoms with van der Waals surface area (Å²) >= 11 is 2.63. The van der Waals surface area contributed by atoms with Gasteiger partial charge >= 0.3 is 5.97 Å². The van der Waals surface area contributed by atoms with Crippen molar-refractivity contribution in [2.45, 2.75) is 18.2 Å². The van der Waals surface area contributed by atoms with E-state index in [2.05, 4.69) is 10.3 Å². The highest BCUT2D eigenvalue weighted by molar-refractivity contribution is 7.99. The molecule has 2 rings (SSSR count). The lowest BCUT2D eigenvalue weighted by molar-refractivity contribution is -0.384. The van der Waals surface area contributed by atoms with Crippen molar-refractivity contribution in [3.05, 3.63) is 50.0 Å². The number of thioether (sulfide) groups is 1. The number of hydrogen-bond acceptors (Lipinski definition) is 7. The second kappa shape index (κ2) is 8.58. The molecule has 0 atom stereocenters. The van der Waals surface area contributed by atoms with Crippen molar-refractivity contribution >= 4 is 40.7 Å². The van der Waals surface area contributed by atoms with Gasteiger partial charge in [0.15, 0.2) is 5.69 Å². The summed E-state index contributed by atoms with van der Waals surface area (Å²) in [5.41, 5.74) is 0.0923. The number of thiazole rings is 1. The highest BCUT2D eigenvalue weighted by Gasteiger charge is 2.17. The van der Waals surface area contributed by atoms with Crippen LogP contribution in [0.2, 0.25) is 0 Å². The lowest BCUT2D eigenvalue weighted by Gasteiger charge is -2.09. The van der Waals surface area contributed by atoms with Gasteiger partial charge in [0.2, 0.25) is 0 Å². The van der Waals surface area contributed by atoms with Crippen LogP contribution in [-0.2, 0) is 6.42 Å². The van der Waals surface area contributed by atoms with E-state index in [4.69, 9.17) is 5.11 Å². The molecule has 1 amide bonds. The van der Waals surface area contributed by atoms with Crippen molar-refractivity contribution in [3.63, 3.8) is 0 Å². The summed E-state index contributed by atoms with van der Waals surface area (Å²) in [6.45, 7) is 2.18. The Bertz CT molecular complexity index is 806. The van der Waals surface area contributed by atoms with Crippen LogP contribution in [0.5, 0.6) is 0 Å². The van der Waals surface area contributed by atoms with E-state index < -0.39 is 16.8 Å². The van der Waals surface area contributed by atoms with Crippen LogP contribution in [0.25, 0.3) is 0 Å². The quantitative estimate of drug-likeness (QED) is 0.409. The third-order valence-corrected chi connectivity index (χ3v) is 4.98. The number of hydrogen-bond donors (Lipinski definition) is 2. The van der Waals surface area contributed by atoms with E-state index in [0.717, 1.165) is 5.75 Å². The van der Waals surface area contributed by atoms with Gasteiger partial charge in [-0.2, -0.15) is 0 Å². The minimum absolute atomic E-state index is 0.0216.